The first-order valence-electron chi connectivity index (χ1n) is 5.85. The van der Waals surface area contributed by atoms with Crippen molar-refractivity contribution in [3.63, 3.8) is 0 Å². The van der Waals surface area contributed by atoms with Crippen molar-refractivity contribution in [3.8, 4) is 0 Å². The lowest BCUT2D eigenvalue weighted by Crippen LogP contribution is -2.24. The van der Waals surface area contributed by atoms with Gasteiger partial charge in [0.2, 0.25) is 0 Å². The van der Waals surface area contributed by atoms with Crippen molar-refractivity contribution in [3.05, 3.63) is 34.9 Å². The van der Waals surface area contributed by atoms with E-state index in [9.17, 15) is 5.11 Å². The van der Waals surface area contributed by atoms with Crippen LogP contribution in [0.4, 0.5) is 0 Å². The molecule has 1 heterocycles. The summed E-state index contributed by atoms with van der Waals surface area (Å²) in [6, 6.07) is 6.76. The van der Waals surface area contributed by atoms with Crippen LogP contribution in [0.1, 0.15) is 36.6 Å². The second-order valence-corrected chi connectivity index (χ2v) is 4.78. The number of nitrogens with two attached hydrogens (primary N) is 1. The molecule has 1 aliphatic heterocycles. The van der Waals surface area contributed by atoms with Gasteiger partial charge in [-0.15, -0.1) is 0 Å². The van der Waals surface area contributed by atoms with Crippen LogP contribution in [0.3, 0.4) is 0 Å². The monoisotopic (exact) mass is 220 g/mol. The maximum Gasteiger partial charge on any atom is 0.0912 e. The predicted molar refractivity (Wildman–Crippen MR) is 64.8 cm³/mol. The zero-order valence-electron chi connectivity index (χ0n) is 9.98. The lowest BCUT2D eigenvalue weighted by Gasteiger charge is -2.18. The lowest BCUT2D eigenvalue weighted by atomic mass is 10.0. The quantitative estimate of drug-likeness (QED) is 0.809. The van der Waals surface area contributed by atoms with Gasteiger partial charge in [0, 0.05) is 25.7 Å². The zero-order chi connectivity index (χ0) is 11.7. The van der Waals surface area contributed by atoms with E-state index in [0.29, 0.717) is 6.04 Å². The average Bonchev–Trinajstić information content (AvgIpc) is 2.70. The zero-order valence-corrected chi connectivity index (χ0v) is 9.98. The van der Waals surface area contributed by atoms with Crippen LogP contribution < -0.4 is 5.73 Å². The third kappa shape index (κ3) is 2.12. The Morgan fingerprint density at radius 1 is 1.31 bits per heavy atom. The van der Waals surface area contributed by atoms with Gasteiger partial charge in [-0.05, 0) is 30.5 Å². The van der Waals surface area contributed by atoms with Gasteiger partial charge in [0.25, 0.3) is 0 Å². The van der Waals surface area contributed by atoms with E-state index in [4.69, 9.17) is 5.73 Å². The number of nitrogens with zero attached hydrogens (tertiary/aromatic N) is 1. The summed E-state index contributed by atoms with van der Waals surface area (Å²) in [6.07, 6.45) is -0.529. The highest BCUT2D eigenvalue weighted by atomic mass is 16.3. The molecule has 1 aromatic carbocycles. The molecule has 16 heavy (non-hydrogen) atoms. The molecule has 1 aliphatic rings. The van der Waals surface area contributed by atoms with E-state index in [1.54, 1.807) is 0 Å². The Labute approximate surface area is 96.9 Å². The summed E-state index contributed by atoms with van der Waals surface area (Å²) < 4.78 is 0. The molecule has 3 N–H and O–H groups in total. The highest BCUT2D eigenvalue weighted by molar-refractivity contribution is 5.35. The molecular formula is C13H20N2O. The SMILES string of the molecule is CC(C)N1Cc2ccc(C(O)CN)cc2C1. The molecule has 3 nitrogen and oxygen atoms in total. The third-order valence-corrected chi connectivity index (χ3v) is 3.32. The minimum atomic E-state index is -0.529. The molecule has 0 radical (unpaired) electrons. The molecule has 0 saturated carbocycles. The van der Waals surface area contributed by atoms with Crippen LogP contribution in [0.15, 0.2) is 18.2 Å². The van der Waals surface area contributed by atoms with Gasteiger partial charge in [-0.1, -0.05) is 18.2 Å². The normalized spacial score (nSPS) is 17.8. The van der Waals surface area contributed by atoms with E-state index in [0.717, 1.165) is 18.7 Å². The molecule has 3 heteroatoms. The van der Waals surface area contributed by atoms with E-state index >= 15 is 0 Å². The second-order valence-electron chi connectivity index (χ2n) is 4.78. The number of benzene rings is 1. The molecule has 88 valence electrons. The minimum Gasteiger partial charge on any atom is -0.387 e. The molecule has 1 aromatic rings. The fourth-order valence-corrected chi connectivity index (χ4v) is 2.15. The van der Waals surface area contributed by atoms with Gasteiger partial charge in [0.05, 0.1) is 6.10 Å². The Morgan fingerprint density at radius 2 is 2.00 bits per heavy atom. The summed E-state index contributed by atoms with van der Waals surface area (Å²) in [5, 5.41) is 9.70. The molecule has 1 atom stereocenters. The number of hydrogen-bond acceptors (Lipinski definition) is 3. The minimum absolute atomic E-state index is 0.284. The van der Waals surface area contributed by atoms with Crippen molar-refractivity contribution in [1.29, 1.82) is 0 Å². The molecule has 0 spiro atoms. The van der Waals surface area contributed by atoms with Gasteiger partial charge < -0.3 is 10.8 Å². The van der Waals surface area contributed by atoms with Gasteiger partial charge in [0.1, 0.15) is 0 Å². The Hall–Kier alpha value is -0.900. The first kappa shape index (κ1) is 11.6. The van der Waals surface area contributed by atoms with E-state index < -0.39 is 6.10 Å². The number of fused-ring (bicyclic) bond motifs is 1. The lowest BCUT2D eigenvalue weighted by molar-refractivity contribution is 0.186. The summed E-state index contributed by atoms with van der Waals surface area (Å²) in [4.78, 5) is 2.42. The molecule has 0 aromatic heterocycles. The van der Waals surface area contributed by atoms with Crippen molar-refractivity contribution in [2.75, 3.05) is 6.54 Å². The average molecular weight is 220 g/mol. The Bertz CT molecular complexity index is 376. The molecule has 0 saturated heterocycles. The number of aliphatic hydroxyl groups is 1. The highest BCUT2D eigenvalue weighted by Gasteiger charge is 2.21. The molecule has 0 amide bonds. The first-order chi connectivity index (χ1) is 7.61. The summed E-state index contributed by atoms with van der Waals surface area (Å²) in [7, 11) is 0. The largest absolute Gasteiger partial charge is 0.387 e. The molecule has 0 aliphatic carbocycles. The standard InChI is InChI=1S/C13H20N2O/c1-9(2)15-7-11-4-3-10(13(16)6-14)5-12(11)8-15/h3-5,9,13,16H,6-8,14H2,1-2H3. The second kappa shape index (κ2) is 4.53. The third-order valence-electron chi connectivity index (χ3n) is 3.32. The summed E-state index contributed by atoms with van der Waals surface area (Å²) >= 11 is 0. The molecule has 1 unspecified atom stereocenters. The van der Waals surface area contributed by atoms with Gasteiger partial charge in [-0.25, -0.2) is 0 Å². The van der Waals surface area contributed by atoms with Gasteiger partial charge in [-0.2, -0.15) is 0 Å². The van der Waals surface area contributed by atoms with Gasteiger partial charge in [-0.3, -0.25) is 4.90 Å². The van der Waals surface area contributed by atoms with Crippen molar-refractivity contribution in [2.24, 2.45) is 5.73 Å². The van der Waals surface area contributed by atoms with Crippen LogP contribution in [0.5, 0.6) is 0 Å². The van der Waals surface area contributed by atoms with E-state index in [1.165, 1.54) is 11.1 Å². The van der Waals surface area contributed by atoms with Crippen molar-refractivity contribution < 1.29 is 5.11 Å². The topological polar surface area (TPSA) is 49.5 Å². The maximum absolute atomic E-state index is 9.70. The van der Waals surface area contributed by atoms with Gasteiger partial charge in [0.15, 0.2) is 0 Å². The Morgan fingerprint density at radius 3 is 2.62 bits per heavy atom. The summed E-state index contributed by atoms with van der Waals surface area (Å²) in [6.45, 7) is 6.71. The summed E-state index contributed by atoms with van der Waals surface area (Å²) in [5.74, 6) is 0. The van der Waals surface area contributed by atoms with Crippen LogP contribution in [0.2, 0.25) is 0 Å². The smallest absolute Gasteiger partial charge is 0.0912 e. The summed E-state index contributed by atoms with van der Waals surface area (Å²) in [5.41, 5.74) is 9.11. The first-order valence-corrected chi connectivity index (χ1v) is 5.85. The van der Waals surface area contributed by atoms with E-state index in [2.05, 4.69) is 30.9 Å². The predicted octanol–water partition coefficient (Wildman–Crippen LogP) is 1.40. The van der Waals surface area contributed by atoms with Gasteiger partial charge >= 0.3 is 0 Å². The maximum atomic E-state index is 9.70. The van der Waals surface area contributed by atoms with Crippen LogP contribution in [-0.4, -0.2) is 22.6 Å². The van der Waals surface area contributed by atoms with Crippen LogP contribution >= 0.6 is 0 Å². The van der Waals surface area contributed by atoms with Crippen LogP contribution in [0.25, 0.3) is 0 Å². The highest BCUT2D eigenvalue weighted by Crippen LogP contribution is 2.27. The Kier molecular flexibility index (Phi) is 3.28. The van der Waals surface area contributed by atoms with E-state index in [-0.39, 0.29) is 6.54 Å². The number of aliphatic hydroxyl groups excluding tert-OH is 1. The van der Waals surface area contributed by atoms with Crippen molar-refractivity contribution >= 4 is 0 Å². The fourth-order valence-electron chi connectivity index (χ4n) is 2.15. The van der Waals surface area contributed by atoms with Crippen LogP contribution in [-0.2, 0) is 13.1 Å². The van der Waals surface area contributed by atoms with Crippen molar-refractivity contribution in [1.82, 2.24) is 4.90 Å². The molecule has 2 rings (SSSR count). The number of hydrogen-bond donors (Lipinski definition) is 2. The van der Waals surface area contributed by atoms with Crippen LogP contribution in [0, 0.1) is 0 Å². The molecule has 0 fully saturated rings. The molecular weight excluding hydrogens is 200 g/mol. The van der Waals surface area contributed by atoms with Crippen molar-refractivity contribution in [2.45, 2.75) is 39.1 Å². The molecule has 0 bridgehead atoms. The fraction of sp³-hybridized carbons (Fsp3) is 0.538. The number of rotatable bonds is 3. The Balaban J connectivity index is 2.20. The van der Waals surface area contributed by atoms with E-state index in [1.807, 2.05) is 6.07 Å².